The van der Waals surface area contributed by atoms with Crippen LogP contribution in [0.15, 0.2) is 27.8 Å². The first-order chi connectivity index (χ1) is 10.1. The Morgan fingerprint density at radius 2 is 2.10 bits per heavy atom. The fourth-order valence-corrected chi connectivity index (χ4v) is 2.19. The van der Waals surface area contributed by atoms with Crippen molar-refractivity contribution >= 4 is 16.0 Å². The van der Waals surface area contributed by atoms with E-state index >= 15 is 0 Å². The van der Waals surface area contributed by atoms with Crippen LogP contribution >= 0.6 is 0 Å². The molecule has 0 saturated heterocycles. The molecule has 0 aliphatic carbocycles. The van der Waals surface area contributed by atoms with Gasteiger partial charge in [-0.25, -0.2) is 18.1 Å². The fourth-order valence-electron chi connectivity index (χ4n) is 1.53. The van der Waals surface area contributed by atoms with E-state index in [0.29, 0.717) is 32.0 Å². The normalized spacial score (nSPS) is 12.4. The topological polar surface area (TPSA) is 95.7 Å². The Bertz CT molecular complexity index is 512. The molecule has 1 rings (SSSR count). The SMILES string of the molecule is CCNC(=NCc1ccco1)NCCCNS(=O)(=O)CC. The minimum atomic E-state index is -3.11. The molecule has 1 aromatic heterocycles. The fraction of sp³-hybridized carbons (Fsp3) is 0.615. The first-order valence-corrected chi connectivity index (χ1v) is 8.74. The molecule has 0 amide bonds. The summed E-state index contributed by atoms with van der Waals surface area (Å²) in [5, 5.41) is 6.27. The lowest BCUT2D eigenvalue weighted by molar-refractivity contribution is 0.512. The minimum absolute atomic E-state index is 0.105. The van der Waals surface area contributed by atoms with Gasteiger partial charge in [-0.1, -0.05) is 0 Å². The van der Waals surface area contributed by atoms with Crippen LogP contribution in [0.2, 0.25) is 0 Å². The van der Waals surface area contributed by atoms with Crippen molar-refractivity contribution < 1.29 is 12.8 Å². The minimum Gasteiger partial charge on any atom is -0.467 e. The van der Waals surface area contributed by atoms with Crippen molar-refractivity contribution in [1.29, 1.82) is 0 Å². The van der Waals surface area contributed by atoms with Crippen molar-refractivity contribution in [2.75, 3.05) is 25.4 Å². The van der Waals surface area contributed by atoms with Gasteiger partial charge in [0.05, 0.1) is 12.0 Å². The van der Waals surface area contributed by atoms with E-state index < -0.39 is 10.0 Å². The third-order valence-corrected chi connectivity index (χ3v) is 4.07. The van der Waals surface area contributed by atoms with Crippen LogP contribution in [0.25, 0.3) is 0 Å². The standard InChI is InChI=1S/C13H24N4O3S/c1-3-14-13(16-11-12-7-5-10-20-12)15-8-6-9-17-21(18,19)4-2/h5,7,10,17H,3-4,6,8-9,11H2,1-2H3,(H2,14,15,16). The number of hydrogen-bond acceptors (Lipinski definition) is 4. The van der Waals surface area contributed by atoms with Gasteiger partial charge in [0.1, 0.15) is 12.3 Å². The molecule has 8 heteroatoms. The molecule has 0 aliphatic heterocycles. The average Bonchev–Trinajstić information content (AvgIpc) is 2.97. The molecule has 0 bridgehead atoms. The van der Waals surface area contributed by atoms with Crippen LogP contribution < -0.4 is 15.4 Å². The van der Waals surface area contributed by atoms with Gasteiger partial charge in [0.15, 0.2) is 5.96 Å². The molecule has 0 unspecified atom stereocenters. The third-order valence-electron chi connectivity index (χ3n) is 2.67. The first-order valence-electron chi connectivity index (χ1n) is 7.09. The molecule has 0 spiro atoms. The van der Waals surface area contributed by atoms with Crippen molar-refractivity contribution in [1.82, 2.24) is 15.4 Å². The largest absolute Gasteiger partial charge is 0.467 e. The Kier molecular flexibility index (Phi) is 7.84. The van der Waals surface area contributed by atoms with Gasteiger partial charge in [0.25, 0.3) is 0 Å². The number of nitrogens with zero attached hydrogens (tertiary/aromatic N) is 1. The second kappa shape index (κ2) is 9.41. The van der Waals surface area contributed by atoms with Crippen molar-refractivity contribution in [2.45, 2.75) is 26.8 Å². The highest BCUT2D eigenvalue weighted by Crippen LogP contribution is 2.00. The van der Waals surface area contributed by atoms with E-state index in [1.165, 1.54) is 0 Å². The molecule has 0 fully saturated rings. The zero-order valence-corrected chi connectivity index (χ0v) is 13.4. The molecular formula is C13H24N4O3S. The first kappa shape index (κ1) is 17.5. The maximum Gasteiger partial charge on any atom is 0.211 e. The van der Waals surface area contributed by atoms with Gasteiger partial charge in [-0.15, -0.1) is 0 Å². The van der Waals surface area contributed by atoms with Crippen LogP contribution in [0.3, 0.4) is 0 Å². The van der Waals surface area contributed by atoms with E-state index in [0.717, 1.165) is 12.3 Å². The van der Waals surface area contributed by atoms with Gasteiger partial charge in [-0.2, -0.15) is 0 Å². The molecule has 1 aromatic rings. The Labute approximate surface area is 126 Å². The Balaban J connectivity index is 2.29. The summed E-state index contributed by atoms with van der Waals surface area (Å²) >= 11 is 0. The Hall–Kier alpha value is -1.54. The number of nitrogens with one attached hydrogen (secondary N) is 3. The number of furan rings is 1. The molecule has 1 heterocycles. The smallest absolute Gasteiger partial charge is 0.211 e. The van der Waals surface area contributed by atoms with Crippen molar-refractivity contribution in [3.8, 4) is 0 Å². The van der Waals surface area contributed by atoms with E-state index in [9.17, 15) is 8.42 Å². The summed E-state index contributed by atoms with van der Waals surface area (Å²) in [6.07, 6.45) is 2.30. The number of rotatable bonds is 9. The molecule has 0 atom stereocenters. The summed E-state index contributed by atoms with van der Waals surface area (Å²) in [5.74, 6) is 1.59. The number of hydrogen-bond donors (Lipinski definition) is 3. The summed E-state index contributed by atoms with van der Waals surface area (Å²) in [5.41, 5.74) is 0. The zero-order chi connectivity index (χ0) is 15.6. The van der Waals surface area contributed by atoms with Crippen LogP contribution in [0, 0.1) is 0 Å². The second-order valence-electron chi connectivity index (χ2n) is 4.35. The zero-order valence-electron chi connectivity index (χ0n) is 12.6. The van der Waals surface area contributed by atoms with Gasteiger partial charge in [0.2, 0.25) is 10.0 Å². The van der Waals surface area contributed by atoms with Crippen molar-refractivity contribution in [3.05, 3.63) is 24.2 Å². The van der Waals surface area contributed by atoms with Gasteiger partial charge in [0, 0.05) is 19.6 Å². The highest BCUT2D eigenvalue weighted by molar-refractivity contribution is 7.89. The predicted octanol–water partition coefficient (Wildman–Crippen LogP) is 0.664. The molecule has 0 aliphatic rings. The van der Waals surface area contributed by atoms with E-state index in [1.54, 1.807) is 13.2 Å². The van der Waals surface area contributed by atoms with Crippen LogP contribution in [0.5, 0.6) is 0 Å². The highest BCUT2D eigenvalue weighted by atomic mass is 32.2. The van der Waals surface area contributed by atoms with Crippen LogP contribution in [-0.4, -0.2) is 39.8 Å². The summed E-state index contributed by atoms with van der Waals surface area (Å²) < 4.78 is 30.3. The van der Waals surface area contributed by atoms with E-state index in [-0.39, 0.29) is 5.75 Å². The summed E-state index contributed by atoms with van der Waals surface area (Å²) in [7, 11) is -3.11. The molecule has 120 valence electrons. The van der Waals surface area contributed by atoms with Crippen LogP contribution in [0.1, 0.15) is 26.0 Å². The van der Waals surface area contributed by atoms with Crippen molar-refractivity contribution in [2.24, 2.45) is 4.99 Å². The third kappa shape index (κ3) is 7.72. The molecule has 3 N–H and O–H groups in total. The number of aliphatic imine (C=N–C) groups is 1. The van der Waals surface area contributed by atoms with E-state index in [2.05, 4.69) is 20.3 Å². The highest BCUT2D eigenvalue weighted by Gasteiger charge is 2.04. The van der Waals surface area contributed by atoms with Gasteiger partial charge in [-0.05, 0) is 32.4 Å². The van der Waals surface area contributed by atoms with Gasteiger partial charge in [-0.3, -0.25) is 0 Å². The molecule has 21 heavy (non-hydrogen) atoms. The molecule has 0 saturated carbocycles. The van der Waals surface area contributed by atoms with Gasteiger partial charge >= 0.3 is 0 Å². The Morgan fingerprint density at radius 1 is 1.29 bits per heavy atom. The average molecular weight is 316 g/mol. The summed E-state index contributed by atoms with van der Waals surface area (Å²) in [6.45, 7) is 5.87. The predicted molar refractivity (Wildman–Crippen MR) is 83.6 cm³/mol. The molecule has 0 radical (unpaired) electrons. The summed E-state index contributed by atoms with van der Waals surface area (Å²) in [6, 6.07) is 3.69. The number of guanidine groups is 1. The number of sulfonamides is 1. The second-order valence-corrected chi connectivity index (χ2v) is 6.45. The quantitative estimate of drug-likeness (QED) is 0.353. The van der Waals surface area contributed by atoms with Crippen molar-refractivity contribution in [3.63, 3.8) is 0 Å². The van der Waals surface area contributed by atoms with Gasteiger partial charge < -0.3 is 15.1 Å². The maximum atomic E-state index is 11.3. The molecular weight excluding hydrogens is 292 g/mol. The summed E-state index contributed by atoms with van der Waals surface area (Å²) in [4.78, 5) is 4.38. The lowest BCUT2D eigenvalue weighted by Crippen LogP contribution is -2.38. The van der Waals surface area contributed by atoms with Crippen LogP contribution in [0.4, 0.5) is 0 Å². The maximum absolute atomic E-state index is 11.3. The van der Waals surface area contributed by atoms with Crippen LogP contribution in [-0.2, 0) is 16.6 Å². The lowest BCUT2D eigenvalue weighted by atomic mass is 10.4. The Morgan fingerprint density at radius 3 is 2.71 bits per heavy atom. The van der Waals surface area contributed by atoms with E-state index in [4.69, 9.17) is 4.42 Å². The van der Waals surface area contributed by atoms with E-state index in [1.807, 2.05) is 19.1 Å². The monoisotopic (exact) mass is 316 g/mol. The molecule has 7 nitrogen and oxygen atoms in total. The lowest BCUT2D eigenvalue weighted by Gasteiger charge is -2.11. The molecule has 0 aromatic carbocycles.